The third kappa shape index (κ3) is 5.25. The van der Waals surface area contributed by atoms with Gasteiger partial charge in [0.1, 0.15) is 0 Å². The van der Waals surface area contributed by atoms with Crippen LogP contribution >= 0.6 is 0 Å². The minimum Gasteiger partial charge on any atom is -0.449 e. The molecule has 31 heavy (non-hydrogen) atoms. The standard InChI is InChI=1S/C23H33N5O3/c1-15(2)14-31-23(30)26(5)8-9-27-13-19(12-25-27)18-6-7-22-20(11-18)21(24)10-16(3)28(22)17(4)29/h6-7,11-13,15-16,21H,8-10,14,24H2,1-5H3. The maximum absolute atomic E-state index is 12.1. The fourth-order valence-electron chi connectivity index (χ4n) is 3.89. The predicted octanol–water partition coefficient (Wildman–Crippen LogP) is 3.42. The summed E-state index contributed by atoms with van der Waals surface area (Å²) in [6, 6.07) is 5.99. The highest BCUT2D eigenvalue weighted by Crippen LogP contribution is 2.38. The van der Waals surface area contributed by atoms with Crippen LogP contribution in [0, 0.1) is 5.92 Å². The number of nitrogens with zero attached hydrogens (tertiary/aromatic N) is 4. The lowest BCUT2D eigenvalue weighted by atomic mass is 9.90. The van der Waals surface area contributed by atoms with Crippen molar-refractivity contribution < 1.29 is 14.3 Å². The Labute approximate surface area is 183 Å². The van der Waals surface area contributed by atoms with Gasteiger partial charge in [-0.25, -0.2) is 4.79 Å². The van der Waals surface area contributed by atoms with E-state index in [1.165, 1.54) is 0 Å². The summed E-state index contributed by atoms with van der Waals surface area (Å²) in [7, 11) is 1.72. The molecule has 0 saturated carbocycles. The van der Waals surface area contributed by atoms with E-state index in [0.29, 0.717) is 25.6 Å². The first-order chi connectivity index (χ1) is 14.7. The topological polar surface area (TPSA) is 93.7 Å². The zero-order chi connectivity index (χ0) is 22.7. The third-order valence-corrected chi connectivity index (χ3v) is 5.54. The van der Waals surface area contributed by atoms with E-state index in [-0.39, 0.29) is 24.1 Å². The van der Waals surface area contributed by atoms with Crippen molar-refractivity contribution in [2.24, 2.45) is 11.7 Å². The molecule has 0 spiro atoms. The number of carbonyl (C=O) groups excluding carboxylic acids is 2. The molecule has 1 aliphatic rings. The molecule has 3 rings (SSSR count). The molecule has 1 aliphatic heterocycles. The Hall–Kier alpha value is -2.87. The van der Waals surface area contributed by atoms with Crippen molar-refractivity contribution in [3.05, 3.63) is 36.2 Å². The monoisotopic (exact) mass is 427 g/mol. The van der Waals surface area contributed by atoms with Crippen molar-refractivity contribution in [2.45, 2.75) is 52.7 Å². The number of carbonyl (C=O) groups is 2. The van der Waals surface area contributed by atoms with E-state index in [9.17, 15) is 9.59 Å². The van der Waals surface area contributed by atoms with Crippen LogP contribution in [0.4, 0.5) is 10.5 Å². The molecule has 8 heteroatoms. The summed E-state index contributed by atoms with van der Waals surface area (Å²) < 4.78 is 7.05. The Morgan fingerprint density at radius 2 is 2.06 bits per heavy atom. The van der Waals surface area contributed by atoms with E-state index in [1.807, 2.05) is 48.7 Å². The van der Waals surface area contributed by atoms with Crippen molar-refractivity contribution in [3.63, 3.8) is 0 Å². The zero-order valence-electron chi connectivity index (χ0n) is 19.0. The van der Waals surface area contributed by atoms with E-state index in [4.69, 9.17) is 10.5 Å². The fraction of sp³-hybridized carbons (Fsp3) is 0.522. The molecule has 0 bridgehead atoms. The Bertz CT molecular complexity index is 939. The highest BCUT2D eigenvalue weighted by molar-refractivity contribution is 5.94. The van der Waals surface area contributed by atoms with Gasteiger partial charge in [0.2, 0.25) is 5.91 Å². The molecule has 0 fully saturated rings. The van der Waals surface area contributed by atoms with Crippen LogP contribution < -0.4 is 10.6 Å². The van der Waals surface area contributed by atoms with Gasteiger partial charge < -0.3 is 20.3 Å². The number of hydrogen-bond acceptors (Lipinski definition) is 5. The molecule has 2 atom stereocenters. The maximum Gasteiger partial charge on any atom is 0.409 e. The van der Waals surface area contributed by atoms with Crippen LogP contribution in [0.3, 0.4) is 0 Å². The first-order valence-electron chi connectivity index (χ1n) is 10.8. The van der Waals surface area contributed by atoms with Crippen molar-refractivity contribution in [1.82, 2.24) is 14.7 Å². The highest BCUT2D eigenvalue weighted by atomic mass is 16.6. The molecule has 0 saturated heterocycles. The molecule has 1 aromatic heterocycles. The van der Waals surface area contributed by atoms with Gasteiger partial charge in [-0.15, -0.1) is 0 Å². The molecule has 168 valence electrons. The Kier molecular flexibility index (Phi) is 7.00. The summed E-state index contributed by atoms with van der Waals surface area (Å²) in [5, 5.41) is 4.43. The number of fused-ring (bicyclic) bond motifs is 1. The fourth-order valence-corrected chi connectivity index (χ4v) is 3.89. The lowest BCUT2D eigenvalue weighted by molar-refractivity contribution is -0.117. The van der Waals surface area contributed by atoms with Gasteiger partial charge in [-0.2, -0.15) is 5.10 Å². The van der Waals surface area contributed by atoms with E-state index in [2.05, 4.69) is 11.2 Å². The quantitative estimate of drug-likeness (QED) is 0.762. The average Bonchev–Trinajstić information content (AvgIpc) is 3.18. The Balaban J connectivity index is 1.69. The van der Waals surface area contributed by atoms with Crippen molar-refractivity contribution in [2.75, 3.05) is 25.1 Å². The molecule has 2 N–H and O–H groups in total. The van der Waals surface area contributed by atoms with E-state index >= 15 is 0 Å². The second-order valence-corrected chi connectivity index (χ2v) is 8.74. The van der Waals surface area contributed by atoms with Gasteiger partial charge in [0.05, 0.1) is 19.3 Å². The Morgan fingerprint density at radius 3 is 2.74 bits per heavy atom. The van der Waals surface area contributed by atoms with Crippen LogP contribution in [-0.2, 0) is 16.1 Å². The highest BCUT2D eigenvalue weighted by Gasteiger charge is 2.30. The zero-order valence-corrected chi connectivity index (χ0v) is 19.0. The van der Waals surface area contributed by atoms with E-state index in [1.54, 1.807) is 25.1 Å². The number of amides is 2. The average molecular weight is 428 g/mol. The first kappa shape index (κ1) is 22.8. The number of nitrogens with two attached hydrogens (primary N) is 1. The number of ether oxygens (including phenoxy) is 1. The van der Waals surface area contributed by atoms with Gasteiger partial charge in [-0.05, 0) is 42.5 Å². The number of anilines is 1. The molecular formula is C23H33N5O3. The Morgan fingerprint density at radius 1 is 1.32 bits per heavy atom. The first-order valence-corrected chi connectivity index (χ1v) is 10.8. The number of hydrogen-bond donors (Lipinski definition) is 1. The molecule has 8 nitrogen and oxygen atoms in total. The van der Waals surface area contributed by atoms with Crippen LogP contribution in [0.2, 0.25) is 0 Å². The van der Waals surface area contributed by atoms with Gasteiger partial charge in [0.25, 0.3) is 0 Å². The normalized spacial score (nSPS) is 18.1. The van der Waals surface area contributed by atoms with E-state index in [0.717, 1.165) is 28.8 Å². The van der Waals surface area contributed by atoms with Gasteiger partial charge in [0.15, 0.2) is 0 Å². The van der Waals surface area contributed by atoms with Crippen LogP contribution in [0.15, 0.2) is 30.6 Å². The minimum atomic E-state index is -0.325. The number of benzene rings is 1. The summed E-state index contributed by atoms with van der Waals surface area (Å²) in [6.45, 7) is 9.10. The third-order valence-electron chi connectivity index (χ3n) is 5.54. The van der Waals surface area contributed by atoms with Gasteiger partial charge >= 0.3 is 6.09 Å². The maximum atomic E-state index is 12.1. The van der Waals surface area contributed by atoms with Crippen LogP contribution in [0.25, 0.3) is 11.1 Å². The van der Waals surface area contributed by atoms with Gasteiger partial charge in [0, 0.05) is 50.0 Å². The van der Waals surface area contributed by atoms with Crippen LogP contribution in [-0.4, -0.2) is 52.9 Å². The van der Waals surface area contributed by atoms with E-state index < -0.39 is 0 Å². The van der Waals surface area contributed by atoms with Crippen molar-refractivity contribution >= 4 is 17.7 Å². The molecule has 2 unspecified atom stereocenters. The second kappa shape index (κ2) is 9.51. The number of likely N-dealkylation sites (N-methyl/N-ethyl adjacent to an activating group) is 1. The summed E-state index contributed by atoms with van der Waals surface area (Å²) >= 11 is 0. The summed E-state index contributed by atoms with van der Waals surface area (Å²) in [5.74, 6) is 0.332. The molecule has 2 aromatic rings. The number of rotatable bonds is 6. The molecule has 2 amide bonds. The van der Waals surface area contributed by atoms with Crippen LogP contribution in [0.5, 0.6) is 0 Å². The summed E-state index contributed by atoms with van der Waals surface area (Å²) in [5.41, 5.74) is 10.2. The van der Waals surface area contributed by atoms with Crippen LogP contribution in [0.1, 0.15) is 45.7 Å². The summed E-state index contributed by atoms with van der Waals surface area (Å²) in [6.07, 6.45) is 4.16. The molecule has 2 heterocycles. The molecular weight excluding hydrogens is 394 g/mol. The predicted molar refractivity (Wildman–Crippen MR) is 121 cm³/mol. The number of aromatic nitrogens is 2. The lowest BCUT2D eigenvalue weighted by Crippen LogP contribution is -2.43. The van der Waals surface area contributed by atoms with Crippen molar-refractivity contribution in [3.8, 4) is 11.1 Å². The minimum absolute atomic E-state index is 0.0252. The summed E-state index contributed by atoms with van der Waals surface area (Å²) in [4.78, 5) is 27.5. The molecule has 0 radical (unpaired) electrons. The second-order valence-electron chi connectivity index (χ2n) is 8.74. The lowest BCUT2D eigenvalue weighted by Gasteiger charge is -2.37. The molecule has 0 aliphatic carbocycles. The largest absolute Gasteiger partial charge is 0.449 e. The SMILES string of the molecule is CC(=O)N1c2ccc(-c3cnn(CCN(C)C(=O)OCC(C)C)c3)cc2C(N)CC1C. The molecule has 1 aromatic carbocycles. The smallest absolute Gasteiger partial charge is 0.409 e. The van der Waals surface area contributed by atoms with Crippen molar-refractivity contribution in [1.29, 1.82) is 0 Å². The van der Waals surface area contributed by atoms with Gasteiger partial charge in [-0.1, -0.05) is 19.9 Å². The van der Waals surface area contributed by atoms with Gasteiger partial charge in [-0.3, -0.25) is 9.48 Å².